The third-order valence-electron chi connectivity index (χ3n) is 5.65. The molecule has 1 N–H and O–H groups in total. The molecule has 0 atom stereocenters. The van der Waals surface area contributed by atoms with Crippen molar-refractivity contribution in [2.45, 2.75) is 38.5 Å². The number of aryl methyl sites for hydroxylation is 2. The second-order valence-electron chi connectivity index (χ2n) is 7.70. The molecule has 3 aromatic rings. The van der Waals surface area contributed by atoms with Crippen molar-refractivity contribution >= 4 is 5.82 Å². The Morgan fingerprint density at radius 3 is 2.59 bits per heavy atom. The van der Waals surface area contributed by atoms with Gasteiger partial charge < -0.3 is 14.5 Å². The summed E-state index contributed by atoms with van der Waals surface area (Å²) in [5.74, 6) is 2.89. The lowest BCUT2D eigenvalue weighted by molar-refractivity contribution is 0.240. The molecule has 1 saturated heterocycles. The molecule has 4 rings (SSSR count). The van der Waals surface area contributed by atoms with Crippen LogP contribution < -0.4 is 4.90 Å². The lowest BCUT2D eigenvalue weighted by Crippen LogP contribution is -2.34. The van der Waals surface area contributed by atoms with Crippen molar-refractivity contribution in [1.82, 2.24) is 15.1 Å². The highest BCUT2D eigenvalue weighted by Crippen LogP contribution is 2.25. The van der Waals surface area contributed by atoms with Gasteiger partial charge in [-0.05, 0) is 55.7 Å². The fourth-order valence-electron chi connectivity index (χ4n) is 3.90. The van der Waals surface area contributed by atoms with Crippen LogP contribution in [0, 0.1) is 5.92 Å². The average Bonchev–Trinajstić information content (AvgIpc) is 3.24. The zero-order valence-corrected chi connectivity index (χ0v) is 16.7. The SMILES string of the molecule is OCCC1CCN(c2ccc(-c3nc(CCCc4ccccc4)no3)cn2)CC1. The molecule has 1 aromatic carbocycles. The van der Waals surface area contributed by atoms with Crippen LogP contribution in [0.15, 0.2) is 53.2 Å². The molecule has 0 saturated carbocycles. The van der Waals surface area contributed by atoms with Crippen LogP contribution in [0.4, 0.5) is 5.82 Å². The van der Waals surface area contributed by atoms with Gasteiger partial charge in [0.15, 0.2) is 5.82 Å². The van der Waals surface area contributed by atoms with Crippen LogP contribution in [-0.4, -0.2) is 39.9 Å². The maximum Gasteiger partial charge on any atom is 0.259 e. The van der Waals surface area contributed by atoms with E-state index < -0.39 is 0 Å². The summed E-state index contributed by atoms with van der Waals surface area (Å²) < 4.78 is 5.44. The van der Waals surface area contributed by atoms with Gasteiger partial charge in [0, 0.05) is 32.3 Å². The topological polar surface area (TPSA) is 75.3 Å². The van der Waals surface area contributed by atoms with Crippen LogP contribution in [0.25, 0.3) is 11.5 Å². The third kappa shape index (κ3) is 5.21. The number of benzene rings is 1. The Morgan fingerprint density at radius 2 is 1.86 bits per heavy atom. The molecule has 1 aliphatic heterocycles. The first-order chi connectivity index (χ1) is 14.3. The summed E-state index contributed by atoms with van der Waals surface area (Å²) in [6.45, 7) is 2.27. The Hall–Kier alpha value is -2.73. The average molecular weight is 393 g/mol. The van der Waals surface area contributed by atoms with Gasteiger partial charge in [-0.2, -0.15) is 4.98 Å². The number of aromatic nitrogens is 3. The fourth-order valence-corrected chi connectivity index (χ4v) is 3.90. The molecule has 3 heterocycles. The minimum atomic E-state index is 0.288. The van der Waals surface area contributed by atoms with Crippen LogP contribution >= 0.6 is 0 Å². The molecule has 2 aromatic heterocycles. The number of hydrogen-bond acceptors (Lipinski definition) is 6. The van der Waals surface area contributed by atoms with Crippen molar-refractivity contribution in [3.63, 3.8) is 0 Å². The van der Waals surface area contributed by atoms with Crippen LogP contribution in [-0.2, 0) is 12.8 Å². The lowest BCUT2D eigenvalue weighted by atomic mass is 9.94. The Labute approximate surface area is 171 Å². The number of hydrogen-bond donors (Lipinski definition) is 1. The van der Waals surface area contributed by atoms with E-state index in [1.54, 1.807) is 0 Å². The number of rotatable bonds is 8. The molecule has 6 nitrogen and oxygen atoms in total. The molecule has 0 bridgehead atoms. The first kappa shape index (κ1) is 19.6. The predicted molar refractivity (Wildman–Crippen MR) is 113 cm³/mol. The minimum Gasteiger partial charge on any atom is -0.396 e. The van der Waals surface area contributed by atoms with Crippen LogP contribution in [0.5, 0.6) is 0 Å². The molecule has 29 heavy (non-hydrogen) atoms. The van der Waals surface area contributed by atoms with Gasteiger partial charge in [-0.3, -0.25) is 0 Å². The largest absolute Gasteiger partial charge is 0.396 e. The summed E-state index contributed by atoms with van der Waals surface area (Å²) in [5, 5.41) is 13.2. The molecule has 152 valence electrons. The number of aliphatic hydroxyl groups is 1. The fraction of sp³-hybridized carbons (Fsp3) is 0.435. The van der Waals surface area contributed by atoms with E-state index >= 15 is 0 Å². The van der Waals surface area contributed by atoms with E-state index in [1.807, 2.05) is 24.4 Å². The highest BCUT2D eigenvalue weighted by Gasteiger charge is 2.20. The van der Waals surface area contributed by atoms with E-state index in [9.17, 15) is 0 Å². The highest BCUT2D eigenvalue weighted by molar-refractivity contribution is 5.54. The number of pyridine rings is 1. The first-order valence-electron chi connectivity index (χ1n) is 10.5. The summed E-state index contributed by atoms with van der Waals surface area (Å²) in [5.41, 5.74) is 2.18. The second kappa shape index (κ2) is 9.65. The summed E-state index contributed by atoms with van der Waals surface area (Å²) in [7, 11) is 0. The second-order valence-corrected chi connectivity index (χ2v) is 7.70. The van der Waals surface area contributed by atoms with Gasteiger partial charge in [0.25, 0.3) is 5.89 Å². The molecule has 0 spiro atoms. The van der Waals surface area contributed by atoms with Gasteiger partial charge in [-0.1, -0.05) is 35.5 Å². The lowest BCUT2D eigenvalue weighted by Gasteiger charge is -2.32. The minimum absolute atomic E-state index is 0.288. The van der Waals surface area contributed by atoms with Gasteiger partial charge in [-0.25, -0.2) is 4.98 Å². The first-order valence-corrected chi connectivity index (χ1v) is 10.5. The quantitative estimate of drug-likeness (QED) is 0.626. The molecule has 6 heteroatoms. The molecule has 0 amide bonds. The van der Waals surface area contributed by atoms with Crippen molar-refractivity contribution in [1.29, 1.82) is 0 Å². The van der Waals surface area contributed by atoms with Gasteiger partial charge in [0.05, 0.1) is 5.56 Å². The van der Waals surface area contributed by atoms with Crippen LogP contribution in [0.2, 0.25) is 0 Å². The van der Waals surface area contributed by atoms with E-state index in [2.05, 4.69) is 44.3 Å². The summed E-state index contributed by atoms with van der Waals surface area (Å²) >= 11 is 0. The standard InChI is InChI=1S/C23H28N4O2/c28-16-13-19-11-14-27(15-12-19)22-10-9-20(17-24-22)23-25-21(26-29-23)8-4-7-18-5-2-1-3-6-18/h1-3,5-6,9-10,17,19,28H,4,7-8,11-16H2. The molecular weight excluding hydrogens is 364 g/mol. The zero-order valence-electron chi connectivity index (χ0n) is 16.7. The third-order valence-corrected chi connectivity index (χ3v) is 5.65. The van der Waals surface area contributed by atoms with Gasteiger partial charge in [-0.15, -0.1) is 0 Å². The molecule has 1 aliphatic rings. The summed E-state index contributed by atoms with van der Waals surface area (Å²) in [6.07, 6.45) is 7.75. The van der Waals surface area contributed by atoms with E-state index in [4.69, 9.17) is 9.63 Å². The summed E-state index contributed by atoms with van der Waals surface area (Å²) in [4.78, 5) is 11.4. The Kier molecular flexibility index (Phi) is 6.52. The van der Waals surface area contributed by atoms with E-state index in [1.165, 1.54) is 5.56 Å². The van der Waals surface area contributed by atoms with Crippen molar-refractivity contribution in [3.05, 3.63) is 60.0 Å². The van der Waals surface area contributed by atoms with Crippen molar-refractivity contribution < 1.29 is 9.63 Å². The highest BCUT2D eigenvalue weighted by atomic mass is 16.5. The monoisotopic (exact) mass is 392 g/mol. The zero-order chi connectivity index (χ0) is 19.9. The Bertz CT molecular complexity index is 871. The number of nitrogens with zero attached hydrogens (tertiary/aromatic N) is 4. The van der Waals surface area contributed by atoms with Crippen molar-refractivity contribution in [2.75, 3.05) is 24.6 Å². The maximum absolute atomic E-state index is 9.10. The molecule has 0 unspecified atom stereocenters. The number of piperidine rings is 1. The smallest absolute Gasteiger partial charge is 0.259 e. The predicted octanol–water partition coefficient (Wildman–Crippen LogP) is 3.91. The molecule has 0 radical (unpaired) electrons. The molecule has 1 fully saturated rings. The van der Waals surface area contributed by atoms with Crippen LogP contribution in [0.3, 0.4) is 0 Å². The molecular formula is C23H28N4O2. The maximum atomic E-state index is 9.10. The van der Waals surface area contributed by atoms with E-state index in [0.717, 1.165) is 68.8 Å². The van der Waals surface area contributed by atoms with E-state index in [-0.39, 0.29) is 6.61 Å². The number of aliphatic hydroxyl groups excluding tert-OH is 1. The summed E-state index contributed by atoms with van der Waals surface area (Å²) in [6, 6.07) is 14.5. The van der Waals surface area contributed by atoms with Crippen molar-refractivity contribution in [3.8, 4) is 11.5 Å². The molecule has 0 aliphatic carbocycles. The van der Waals surface area contributed by atoms with Gasteiger partial charge in [0.2, 0.25) is 0 Å². The Balaban J connectivity index is 1.30. The number of anilines is 1. The van der Waals surface area contributed by atoms with E-state index in [0.29, 0.717) is 11.8 Å². The van der Waals surface area contributed by atoms with Gasteiger partial charge >= 0.3 is 0 Å². The van der Waals surface area contributed by atoms with Crippen LogP contribution in [0.1, 0.15) is 37.1 Å². The normalized spacial score (nSPS) is 15.0. The Morgan fingerprint density at radius 1 is 1.03 bits per heavy atom. The van der Waals surface area contributed by atoms with Gasteiger partial charge in [0.1, 0.15) is 5.82 Å². The van der Waals surface area contributed by atoms with Crippen molar-refractivity contribution in [2.24, 2.45) is 5.92 Å².